The van der Waals surface area contributed by atoms with E-state index >= 15 is 0 Å². The van der Waals surface area contributed by atoms with E-state index in [1.54, 1.807) is 14.1 Å². The number of nitrogens with one attached hydrogen (secondary N) is 1. The van der Waals surface area contributed by atoms with Crippen LogP contribution in [0.2, 0.25) is 0 Å². The molecule has 0 amide bonds. The van der Waals surface area contributed by atoms with E-state index < -0.39 is 0 Å². The Kier molecular flexibility index (Phi) is 5.70. The van der Waals surface area contributed by atoms with Gasteiger partial charge in [0, 0.05) is 27.7 Å². The van der Waals surface area contributed by atoms with Crippen LogP contribution in [0.25, 0.3) is 0 Å². The van der Waals surface area contributed by atoms with Crippen molar-refractivity contribution in [3.8, 4) is 0 Å². The molecule has 0 aliphatic heterocycles. The predicted octanol–water partition coefficient (Wildman–Crippen LogP) is 0.681. The van der Waals surface area contributed by atoms with Crippen LogP contribution in [0.3, 0.4) is 0 Å². The summed E-state index contributed by atoms with van der Waals surface area (Å²) in [7, 11) is 5.34. The fourth-order valence-electron chi connectivity index (χ4n) is 1.54. The second kappa shape index (κ2) is 7.32. The smallest absolute Gasteiger partial charge is 0.200 e. The van der Waals surface area contributed by atoms with Gasteiger partial charge in [-0.1, -0.05) is 30.3 Å². The molecule has 1 aromatic carbocycles. The van der Waals surface area contributed by atoms with Crippen LogP contribution in [0.4, 0.5) is 0 Å². The normalized spacial score (nSPS) is 12.4. The molecule has 5 nitrogen and oxygen atoms in total. The lowest BCUT2D eigenvalue weighted by molar-refractivity contribution is 0.495. The van der Waals surface area contributed by atoms with Crippen molar-refractivity contribution in [2.45, 2.75) is 6.42 Å². The number of nitrogens with two attached hydrogens (primary N) is 1. The molecule has 5 heteroatoms. The van der Waals surface area contributed by atoms with Gasteiger partial charge in [-0.3, -0.25) is 15.3 Å². The van der Waals surface area contributed by atoms with Crippen molar-refractivity contribution in [2.24, 2.45) is 15.7 Å². The number of benzene rings is 1. The first-order valence-electron chi connectivity index (χ1n) is 5.88. The SMILES string of the molecule is CN=C(N)NC(=NC)N(C)CCc1ccccc1. The predicted molar refractivity (Wildman–Crippen MR) is 76.8 cm³/mol. The van der Waals surface area contributed by atoms with E-state index in [1.807, 2.05) is 30.1 Å². The Hall–Kier alpha value is -2.04. The lowest BCUT2D eigenvalue weighted by Crippen LogP contribution is -2.46. The Morgan fingerprint density at radius 2 is 1.89 bits per heavy atom. The number of hydrogen-bond donors (Lipinski definition) is 2. The van der Waals surface area contributed by atoms with Gasteiger partial charge in [-0.15, -0.1) is 0 Å². The summed E-state index contributed by atoms with van der Waals surface area (Å²) in [4.78, 5) is 10.0. The van der Waals surface area contributed by atoms with E-state index in [1.165, 1.54) is 5.56 Å². The highest BCUT2D eigenvalue weighted by Crippen LogP contribution is 2.00. The molecule has 0 fully saturated rings. The maximum Gasteiger partial charge on any atom is 0.200 e. The molecular formula is C13H21N5. The molecule has 0 heterocycles. The molecule has 98 valence electrons. The van der Waals surface area contributed by atoms with E-state index in [2.05, 4.69) is 27.4 Å². The first-order valence-corrected chi connectivity index (χ1v) is 5.88. The van der Waals surface area contributed by atoms with Gasteiger partial charge in [0.2, 0.25) is 0 Å². The summed E-state index contributed by atoms with van der Waals surface area (Å²) in [5.74, 6) is 1.08. The van der Waals surface area contributed by atoms with Crippen LogP contribution in [-0.4, -0.2) is 44.5 Å². The topological polar surface area (TPSA) is 66.0 Å². The zero-order chi connectivity index (χ0) is 13.4. The van der Waals surface area contributed by atoms with Crippen LogP contribution in [-0.2, 0) is 6.42 Å². The standard InChI is InChI=1S/C13H21N5/c1-15-12(14)17-13(16-2)18(3)10-9-11-7-5-4-6-8-11/h4-8H,9-10H2,1-3H3,(H3,14,15,16,17). The van der Waals surface area contributed by atoms with Crippen molar-refractivity contribution in [1.29, 1.82) is 0 Å². The molecule has 1 rings (SSSR count). The maximum absolute atomic E-state index is 5.63. The summed E-state index contributed by atoms with van der Waals surface area (Å²) < 4.78 is 0. The number of aliphatic imine (C=N–C) groups is 2. The van der Waals surface area contributed by atoms with Crippen molar-refractivity contribution in [3.05, 3.63) is 35.9 Å². The quantitative estimate of drug-likeness (QED) is 0.610. The monoisotopic (exact) mass is 247 g/mol. The van der Waals surface area contributed by atoms with Crippen LogP contribution in [0, 0.1) is 0 Å². The van der Waals surface area contributed by atoms with Gasteiger partial charge in [-0.2, -0.15) is 0 Å². The average molecular weight is 247 g/mol. The van der Waals surface area contributed by atoms with Gasteiger partial charge in [-0.05, 0) is 12.0 Å². The van der Waals surface area contributed by atoms with Gasteiger partial charge in [0.15, 0.2) is 11.9 Å². The molecule has 0 aliphatic carbocycles. The Bertz CT molecular complexity index is 411. The second-order valence-corrected chi connectivity index (χ2v) is 3.94. The molecule has 0 bridgehead atoms. The Morgan fingerprint density at radius 3 is 2.44 bits per heavy atom. The molecule has 0 unspecified atom stereocenters. The fourth-order valence-corrected chi connectivity index (χ4v) is 1.54. The fraction of sp³-hybridized carbons (Fsp3) is 0.385. The highest BCUT2D eigenvalue weighted by Gasteiger charge is 2.06. The average Bonchev–Trinajstić information content (AvgIpc) is 2.42. The molecule has 18 heavy (non-hydrogen) atoms. The lowest BCUT2D eigenvalue weighted by Gasteiger charge is -2.21. The second-order valence-electron chi connectivity index (χ2n) is 3.94. The number of nitrogens with zero attached hydrogens (tertiary/aromatic N) is 3. The molecule has 3 N–H and O–H groups in total. The van der Waals surface area contributed by atoms with Crippen LogP contribution >= 0.6 is 0 Å². The van der Waals surface area contributed by atoms with Crippen LogP contribution in [0.15, 0.2) is 40.3 Å². The molecule has 0 radical (unpaired) electrons. The highest BCUT2D eigenvalue weighted by atomic mass is 15.3. The van der Waals surface area contributed by atoms with Crippen molar-refractivity contribution < 1.29 is 0 Å². The van der Waals surface area contributed by atoms with Crippen LogP contribution in [0.5, 0.6) is 0 Å². The van der Waals surface area contributed by atoms with Crippen molar-refractivity contribution >= 4 is 11.9 Å². The summed E-state index contributed by atoms with van der Waals surface area (Å²) in [5.41, 5.74) is 6.93. The summed E-state index contributed by atoms with van der Waals surface area (Å²) in [6.07, 6.45) is 0.960. The number of likely N-dealkylation sites (N-methyl/N-ethyl adjacent to an activating group) is 1. The van der Waals surface area contributed by atoms with Gasteiger partial charge in [0.25, 0.3) is 0 Å². The van der Waals surface area contributed by atoms with Gasteiger partial charge in [0.05, 0.1) is 0 Å². The van der Waals surface area contributed by atoms with Crippen molar-refractivity contribution in [3.63, 3.8) is 0 Å². The van der Waals surface area contributed by atoms with Gasteiger partial charge in [-0.25, -0.2) is 0 Å². The zero-order valence-electron chi connectivity index (χ0n) is 11.2. The first-order chi connectivity index (χ1) is 8.67. The minimum absolute atomic E-state index is 0.363. The summed E-state index contributed by atoms with van der Waals surface area (Å²) in [6, 6.07) is 10.3. The van der Waals surface area contributed by atoms with E-state index in [9.17, 15) is 0 Å². The Morgan fingerprint density at radius 1 is 1.22 bits per heavy atom. The summed E-state index contributed by atoms with van der Waals surface area (Å²) in [5, 5.41) is 2.96. The van der Waals surface area contributed by atoms with E-state index in [0.717, 1.165) is 13.0 Å². The largest absolute Gasteiger partial charge is 0.370 e. The van der Waals surface area contributed by atoms with Crippen molar-refractivity contribution in [1.82, 2.24) is 10.2 Å². The molecule has 0 spiro atoms. The molecule has 0 aromatic heterocycles. The summed E-state index contributed by atoms with van der Waals surface area (Å²) in [6.45, 7) is 0.862. The Balaban J connectivity index is 2.51. The number of hydrogen-bond acceptors (Lipinski definition) is 2. The molecule has 0 saturated heterocycles. The van der Waals surface area contributed by atoms with E-state index in [-0.39, 0.29) is 0 Å². The molecule has 0 atom stereocenters. The third-order valence-electron chi connectivity index (χ3n) is 2.63. The van der Waals surface area contributed by atoms with Gasteiger partial charge >= 0.3 is 0 Å². The molecule has 0 saturated carbocycles. The van der Waals surface area contributed by atoms with Crippen LogP contribution < -0.4 is 11.1 Å². The Labute approximate surface area is 108 Å². The van der Waals surface area contributed by atoms with E-state index in [0.29, 0.717) is 11.9 Å². The summed E-state index contributed by atoms with van der Waals surface area (Å²) >= 11 is 0. The number of guanidine groups is 2. The third-order valence-corrected chi connectivity index (χ3v) is 2.63. The zero-order valence-corrected chi connectivity index (χ0v) is 11.2. The highest BCUT2D eigenvalue weighted by molar-refractivity contribution is 5.97. The van der Waals surface area contributed by atoms with E-state index in [4.69, 9.17) is 5.73 Å². The van der Waals surface area contributed by atoms with Crippen LogP contribution in [0.1, 0.15) is 5.56 Å². The molecule has 0 aliphatic rings. The number of rotatable bonds is 3. The molecular weight excluding hydrogens is 226 g/mol. The first kappa shape index (κ1) is 14.0. The van der Waals surface area contributed by atoms with Crippen molar-refractivity contribution in [2.75, 3.05) is 27.7 Å². The minimum atomic E-state index is 0.363. The molecule has 1 aromatic rings. The minimum Gasteiger partial charge on any atom is -0.370 e. The third kappa shape index (κ3) is 4.45. The maximum atomic E-state index is 5.63. The van der Waals surface area contributed by atoms with Gasteiger partial charge in [0.1, 0.15) is 0 Å². The lowest BCUT2D eigenvalue weighted by atomic mass is 10.1. The van der Waals surface area contributed by atoms with Gasteiger partial charge < -0.3 is 10.6 Å².